The van der Waals surface area contributed by atoms with Crippen LogP contribution in [-0.4, -0.2) is 71.2 Å². The molecule has 1 atom stereocenters. The minimum absolute atomic E-state index is 0.0854. The third kappa shape index (κ3) is 4.21. The van der Waals surface area contributed by atoms with Crippen molar-refractivity contribution in [3.05, 3.63) is 0 Å². The quantitative estimate of drug-likeness (QED) is 0.769. The van der Waals surface area contributed by atoms with E-state index in [9.17, 15) is 14.4 Å². The van der Waals surface area contributed by atoms with Crippen molar-refractivity contribution in [2.75, 3.05) is 32.7 Å². The summed E-state index contributed by atoms with van der Waals surface area (Å²) in [6.07, 6.45) is 6.78. The Balaban J connectivity index is 1.54. The second kappa shape index (κ2) is 8.40. The second-order valence-electron chi connectivity index (χ2n) is 8.38. The van der Waals surface area contributed by atoms with Crippen LogP contribution in [0.15, 0.2) is 0 Å². The minimum atomic E-state index is -0.217. The Hall–Kier alpha value is -1.59. The standard InChI is InChI=1S/C20H33N3O3/c1-15(2)23-14-17(13-18(23)24)20(26)22-10-6-9-21(11-12-22)19(25)16-7-4-3-5-8-16/h15-17H,3-14H2,1-2H3. The third-order valence-corrected chi connectivity index (χ3v) is 6.20. The van der Waals surface area contributed by atoms with E-state index in [0.29, 0.717) is 38.5 Å². The van der Waals surface area contributed by atoms with Crippen molar-refractivity contribution in [1.82, 2.24) is 14.7 Å². The van der Waals surface area contributed by atoms with Gasteiger partial charge in [0, 0.05) is 51.1 Å². The Morgan fingerprint density at radius 3 is 1.96 bits per heavy atom. The Morgan fingerprint density at radius 2 is 1.42 bits per heavy atom. The maximum absolute atomic E-state index is 12.9. The lowest BCUT2D eigenvalue weighted by atomic mass is 9.88. The Bertz CT molecular complexity index is 542. The Kier molecular flexibility index (Phi) is 6.20. The molecule has 3 rings (SSSR count). The molecule has 2 saturated heterocycles. The van der Waals surface area contributed by atoms with Gasteiger partial charge in [0.15, 0.2) is 0 Å². The zero-order valence-corrected chi connectivity index (χ0v) is 16.3. The number of nitrogens with zero attached hydrogens (tertiary/aromatic N) is 3. The van der Waals surface area contributed by atoms with Crippen molar-refractivity contribution in [2.24, 2.45) is 11.8 Å². The Labute approximate surface area is 156 Å². The molecule has 6 heteroatoms. The molecular weight excluding hydrogens is 330 g/mol. The number of carbonyl (C=O) groups excluding carboxylic acids is 3. The summed E-state index contributed by atoms with van der Waals surface area (Å²) in [6, 6.07) is 0.146. The van der Waals surface area contributed by atoms with E-state index in [1.807, 2.05) is 23.6 Å². The lowest BCUT2D eigenvalue weighted by Crippen LogP contribution is -2.42. The van der Waals surface area contributed by atoms with Gasteiger partial charge < -0.3 is 14.7 Å². The predicted molar refractivity (Wildman–Crippen MR) is 99.3 cm³/mol. The molecule has 1 saturated carbocycles. The number of rotatable bonds is 3. The van der Waals surface area contributed by atoms with Crippen LogP contribution in [0.25, 0.3) is 0 Å². The zero-order chi connectivity index (χ0) is 18.7. The molecule has 6 nitrogen and oxygen atoms in total. The van der Waals surface area contributed by atoms with E-state index in [2.05, 4.69) is 0 Å². The van der Waals surface area contributed by atoms with Crippen LogP contribution in [0.3, 0.4) is 0 Å². The lowest BCUT2D eigenvalue weighted by molar-refractivity contribution is -0.138. The molecule has 3 fully saturated rings. The van der Waals surface area contributed by atoms with Gasteiger partial charge in [-0.1, -0.05) is 19.3 Å². The maximum Gasteiger partial charge on any atom is 0.228 e. The maximum atomic E-state index is 12.9. The van der Waals surface area contributed by atoms with Crippen molar-refractivity contribution >= 4 is 17.7 Å². The molecule has 0 radical (unpaired) electrons. The number of carbonyl (C=O) groups is 3. The van der Waals surface area contributed by atoms with Crippen molar-refractivity contribution < 1.29 is 14.4 Å². The average Bonchev–Trinajstić information content (AvgIpc) is 2.88. The molecular formula is C20H33N3O3. The highest BCUT2D eigenvalue weighted by Gasteiger charge is 2.38. The van der Waals surface area contributed by atoms with Gasteiger partial charge in [0.2, 0.25) is 17.7 Å². The lowest BCUT2D eigenvalue weighted by Gasteiger charge is -2.29. The normalized spacial score (nSPS) is 25.7. The van der Waals surface area contributed by atoms with Crippen molar-refractivity contribution in [2.45, 2.75) is 64.8 Å². The largest absolute Gasteiger partial charge is 0.341 e. The molecule has 3 aliphatic rings. The summed E-state index contributed by atoms with van der Waals surface area (Å²) in [7, 11) is 0. The smallest absolute Gasteiger partial charge is 0.228 e. The van der Waals surface area contributed by atoms with Gasteiger partial charge in [-0.25, -0.2) is 0 Å². The SMILES string of the molecule is CC(C)N1CC(C(=O)N2CCCN(C(=O)C3CCCCC3)CC2)CC1=O. The van der Waals surface area contributed by atoms with Crippen LogP contribution in [0.4, 0.5) is 0 Å². The van der Waals surface area contributed by atoms with Crippen LogP contribution in [0.2, 0.25) is 0 Å². The van der Waals surface area contributed by atoms with Gasteiger partial charge in [-0.3, -0.25) is 14.4 Å². The van der Waals surface area contributed by atoms with E-state index in [1.54, 1.807) is 4.90 Å². The fraction of sp³-hybridized carbons (Fsp3) is 0.850. The van der Waals surface area contributed by atoms with E-state index in [0.717, 1.165) is 38.6 Å². The van der Waals surface area contributed by atoms with Crippen molar-refractivity contribution in [3.8, 4) is 0 Å². The summed E-state index contributed by atoms with van der Waals surface area (Å²) < 4.78 is 0. The van der Waals surface area contributed by atoms with Gasteiger partial charge in [-0.05, 0) is 33.1 Å². The topological polar surface area (TPSA) is 60.9 Å². The minimum Gasteiger partial charge on any atom is -0.341 e. The highest BCUT2D eigenvalue weighted by atomic mass is 16.2. The highest BCUT2D eigenvalue weighted by molar-refractivity contribution is 5.89. The number of amides is 3. The number of hydrogen-bond donors (Lipinski definition) is 0. The fourth-order valence-corrected chi connectivity index (χ4v) is 4.62. The van der Waals surface area contributed by atoms with Gasteiger partial charge >= 0.3 is 0 Å². The van der Waals surface area contributed by atoms with E-state index in [4.69, 9.17) is 0 Å². The molecule has 0 bridgehead atoms. The fourth-order valence-electron chi connectivity index (χ4n) is 4.62. The van der Waals surface area contributed by atoms with Crippen LogP contribution in [0, 0.1) is 11.8 Å². The number of hydrogen-bond acceptors (Lipinski definition) is 3. The van der Waals surface area contributed by atoms with E-state index < -0.39 is 0 Å². The van der Waals surface area contributed by atoms with E-state index >= 15 is 0 Å². The predicted octanol–water partition coefficient (Wildman–Crippen LogP) is 1.88. The molecule has 2 heterocycles. The molecule has 1 aliphatic carbocycles. The van der Waals surface area contributed by atoms with Gasteiger partial charge in [-0.15, -0.1) is 0 Å². The summed E-state index contributed by atoms with van der Waals surface area (Å²) in [5, 5.41) is 0. The summed E-state index contributed by atoms with van der Waals surface area (Å²) in [5.41, 5.74) is 0. The van der Waals surface area contributed by atoms with E-state index in [1.165, 1.54) is 6.42 Å². The molecule has 0 N–H and O–H groups in total. The van der Waals surface area contributed by atoms with Gasteiger partial charge in [0.25, 0.3) is 0 Å². The summed E-state index contributed by atoms with van der Waals surface area (Å²) in [5.74, 6) is 0.445. The van der Waals surface area contributed by atoms with Gasteiger partial charge in [0.1, 0.15) is 0 Å². The van der Waals surface area contributed by atoms with Crippen molar-refractivity contribution in [3.63, 3.8) is 0 Å². The zero-order valence-electron chi connectivity index (χ0n) is 16.3. The van der Waals surface area contributed by atoms with Crippen LogP contribution >= 0.6 is 0 Å². The van der Waals surface area contributed by atoms with Crippen LogP contribution in [0.5, 0.6) is 0 Å². The molecule has 0 aromatic rings. The van der Waals surface area contributed by atoms with Crippen LogP contribution in [-0.2, 0) is 14.4 Å². The van der Waals surface area contributed by atoms with Crippen LogP contribution in [0.1, 0.15) is 58.8 Å². The third-order valence-electron chi connectivity index (χ3n) is 6.20. The summed E-state index contributed by atoms with van der Waals surface area (Å²) in [6.45, 7) is 7.20. The first kappa shape index (κ1) is 19.2. The van der Waals surface area contributed by atoms with E-state index in [-0.39, 0.29) is 29.7 Å². The molecule has 146 valence electrons. The molecule has 3 amide bonds. The number of likely N-dealkylation sites (tertiary alicyclic amines) is 1. The first-order valence-electron chi connectivity index (χ1n) is 10.3. The second-order valence-corrected chi connectivity index (χ2v) is 8.38. The highest BCUT2D eigenvalue weighted by Crippen LogP contribution is 2.26. The molecule has 0 spiro atoms. The molecule has 1 unspecified atom stereocenters. The average molecular weight is 364 g/mol. The van der Waals surface area contributed by atoms with Gasteiger partial charge in [0.05, 0.1) is 5.92 Å². The summed E-state index contributed by atoms with van der Waals surface area (Å²) >= 11 is 0. The Morgan fingerprint density at radius 1 is 0.846 bits per heavy atom. The first-order valence-corrected chi connectivity index (χ1v) is 10.3. The molecule has 26 heavy (non-hydrogen) atoms. The molecule has 0 aromatic carbocycles. The molecule has 2 aliphatic heterocycles. The first-order chi connectivity index (χ1) is 12.5. The van der Waals surface area contributed by atoms with Crippen LogP contribution < -0.4 is 0 Å². The molecule has 0 aromatic heterocycles. The summed E-state index contributed by atoms with van der Waals surface area (Å²) in [4.78, 5) is 43.4. The van der Waals surface area contributed by atoms with Crippen molar-refractivity contribution in [1.29, 1.82) is 0 Å². The van der Waals surface area contributed by atoms with Gasteiger partial charge in [-0.2, -0.15) is 0 Å². The monoisotopic (exact) mass is 363 g/mol.